The Morgan fingerprint density at radius 2 is 2.07 bits per heavy atom. The van der Waals surface area contributed by atoms with E-state index in [1.165, 1.54) is 16.6 Å². The topological polar surface area (TPSA) is 75.8 Å². The molecule has 0 amide bonds. The number of pyridine rings is 1. The van der Waals surface area contributed by atoms with Crippen LogP contribution in [0.4, 0.5) is 14.6 Å². The summed E-state index contributed by atoms with van der Waals surface area (Å²) < 4.78 is 43.9. The first-order chi connectivity index (χ1) is 13.8. The van der Waals surface area contributed by atoms with Gasteiger partial charge in [0.05, 0.1) is 17.9 Å². The lowest BCUT2D eigenvalue weighted by Gasteiger charge is -2.27. The van der Waals surface area contributed by atoms with Crippen molar-refractivity contribution in [2.45, 2.75) is 18.9 Å². The SMILES string of the molecule is CS(C)(=O)=NC1CC=CN(c2cc(-c3cnc4ccc(C(F)F)nn34)ccn2)C1. The van der Waals surface area contributed by atoms with Crippen molar-refractivity contribution in [2.24, 2.45) is 4.36 Å². The Labute approximate surface area is 167 Å². The van der Waals surface area contributed by atoms with Crippen molar-refractivity contribution in [3.63, 3.8) is 0 Å². The maximum Gasteiger partial charge on any atom is 0.282 e. The molecule has 1 aliphatic heterocycles. The molecule has 0 N–H and O–H groups in total. The minimum Gasteiger partial charge on any atom is -0.331 e. The summed E-state index contributed by atoms with van der Waals surface area (Å²) >= 11 is 0. The fourth-order valence-corrected chi connectivity index (χ4v) is 4.12. The second kappa shape index (κ2) is 7.51. The summed E-state index contributed by atoms with van der Waals surface area (Å²) in [5.74, 6) is 0.678. The number of fused-ring (bicyclic) bond motifs is 1. The van der Waals surface area contributed by atoms with E-state index in [0.717, 1.165) is 12.0 Å². The lowest BCUT2D eigenvalue weighted by molar-refractivity contribution is 0.144. The van der Waals surface area contributed by atoms with Crippen molar-refractivity contribution in [1.82, 2.24) is 19.6 Å². The number of alkyl halides is 2. The van der Waals surface area contributed by atoms with Crippen LogP contribution in [0.15, 0.2) is 53.3 Å². The molecule has 7 nitrogen and oxygen atoms in total. The third-order valence-corrected chi connectivity index (χ3v) is 5.25. The average Bonchev–Trinajstić information content (AvgIpc) is 3.10. The highest BCUT2D eigenvalue weighted by Gasteiger charge is 2.19. The molecule has 1 atom stereocenters. The normalized spacial score (nSPS) is 17.3. The number of rotatable bonds is 4. The van der Waals surface area contributed by atoms with Gasteiger partial charge in [0.1, 0.15) is 11.5 Å². The van der Waals surface area contributed by atoms with E-state index >= 15 is 0 Å². The van der Waals surface area contributed by atoms with Gasteiger partial charge < -0.3 is 4.90 Å². The zero-order valence-corrected chi connectivity index (χ0v) is 16.8. The Hall–Kier alpha value is -2.88. The van der Waals surface area contributed by atoms with Gasteiger partial charge in [-0.05, 0) is 30.7 Å². The largest absolute Gasteiger partial charge is 0.331 e. The third kappa shape index (κ3) is 4.26. The van der Waals surface area contributed by atoms with Crippen LogP contribution in [-0.2, 0) is 9.73 Å². The van der Waals surface area contributed by atoms with E-state index in [4.69, 9.17) is 0 Å². The fourth-order valence-electron chi connectivity index (χ4n) is 3.25. The van der Waals surface area contributed by atoms with Crippen LogP contribution in [0.1, 0.15) is 18.5 Å². The Kier molecular flexibility index (Phi) is 5.03. The lowest BCUT2D eigenvalue weighted by atomic mass is 10.1. The highest BCUT2D eigenvalue weighted by Crippen LogP contribution is 2.26. The smallest absolute Gasteiger partial charge is 0.282 e. The summed E-state index contributed by atoms with van der Waals surface area (Å²) in [6.45, 7) is 0.562. The fraction of sp³-hybridized carbons (Fsp3) is 0.316. The second-order valence-electron chi connectivity index (χ2n) is 7.09. The molecule has 0 saturated carbocycles. The minimum atomic E-state index is -2.66. The maximum absolute atomic E-state index is 13.0. The first kappa shape index (κ1) is 19.4. The van der Waals surface area contributed by atoms with Crippen molar-refractivity contribution in [2.75, 3.05) is 24.0 Å². The van der Waals surface area contributed by atoms with Crippen LogP contribution in [0.5, 0.6) is 0 Å². The summed E-state index contributed by atoms with van der Waals surface area (Å²) in [5.41, 5.74) is 1.53. The number of hydrogen-bond acceptors (Lipinski definition) is 6. The van der Waals surface area contributed by atoms with Gasteiger partial charge in [0.25, 0.3) is 6.43 Å². The molecule has 4 rings (SSSR count). The van der Waals surface area contributed by atoms with Gasteiger partial charge in [0, 0.05) is 46.7 Å². The Bertz CT molecular complexity index is 1190. The summed E-state index contributed by atoms with van der Waals surface area (Å²) in [7, 11) is -2.20. The van der Waals surface area contributed by atoms with Gasteiger partial charge in [-0.2, -0.15) is 5.10 Å². The maximum atomic E-state index is 13.0. The second-order valence-corrected chi connectivity index (χ2v) is 9.66. The average molecular weight is 418 g/mol. The van der Waals surface area contributed by atoms with Crippen LogP contribution in [-0.4, -0.2) is 48.9 Å². The van der Waals surface area contributed by atoms with Gasteiger partial charge in [-0.3, -0.25) is 4.21 Å². The van der Waals surface area contributed by atoms with Crippen molar-refractivity contribution in [3.05, 3.63) is 54.6 Å². The molecule has 4 heterocycles. The van der Waals surface area contributed by atoms with Crippen LogP contribution in [0.2, 0.25) is 0 Å². The van der Waals surface area contributed by atoms with E-state index in [1.54, 1.807) is 31.0 Å². The quantitative estimate of drug-likeness (QED) is 0.648. The summed E-state index contributed by atoms with van der Waals surface area (Å²) in [6.07, 6.45) is 8.47. The molecule has 3 aromatic heterocycles. The van der Waals surface area contributed by atoms with Gasteiger partial charge in [-0.1, -0.05) is 6.08 Å². The van der Waals surface area contributed by atoms with Gasteiger partial charge in [-0.15, -0.1) is 0 Å². The highest BCUT2D eigenvalue weighted by molar-refractivity contribution is 7.92. The third-order valence-electron chi connectivity index (χ3n) is 4.45. The zero-order chi connectivity index (χ0) is 20.6. The van der Waals surface area contributed by atoms with Gasteiger partial charge >= 0.3 is 0 Å². The molecule has 0 saturated heterocycles. The number of imidazole rings is 1. The molecule has 1 aliphatic rings. The van der Waals surface area contributed by atoms with Gasteiger partial charge in [-0.25, -0.2) is 27.6 Å². The number of anilines is 1. The van der Waals surface area contributed by atoms with Crippen LogP contribution >= 0.6 is 0 Å². The first-order valence-corrected chi connectivity index (χ1v) is 11.3. The molecule has 1 unspecified atom stereocenters. The van der Waals surface area contributed by atoms with E-state index < -0.39 is 16.2 Å². The van der Waals surface area contributed by atoms with Crippen LogP contribution in [0.25, 0.3) is 16.9 Å². The zero-order valence-electron chi connectivity index (χ0n) is 15.9. The molecule has 0 spiro atoms. The molecule has 0 bridgehead atoms. The van der Waals surface area contributed by atoms with E-state index in [-0.39, 0.29) is 11.7 Å². The standard InChI is InChI=1S/C19H20F2N6OS/c1-29(2,28)25-14-4-3-9-26(12-14)18-10-13(7-8-22-18)16-11-23-17-6-5-15(19(20)21)24-27(16)17/h3,5-11,14,19H,4,12H2,1-2H3. The number of aromatic nitrogens is 4. The molecule has 10 heteroatoms. The number of hydrogen-bond donors (Lipinski definition) is 0. The van der Waals surface area contributed by atoms with Crippen molar-refractivity contribution < 1.29 is 13.0 Å². The van der Waals surface area contributed by atoms with Crippen molar-refractivity contribution in [1.29, 1.82) is 0 Å². The van der Waals surface area contributed by atoms with Gasteiger partial charge in [0.2, 0.25) is 0 Å². The Morgan fingerprint density at radius 1 is 1.24 bits per heavy atom. The first-order valence-electron chi connectivity index (χ1n) is 8.99. The van der Waals surface area contributed by atoms with Crippen LogP contribution < -0.4 is 4.90 Å². The van der Waals surface area contributed by atoms with Crippen LogP contribution in [0.3, 0.4) is 0 Å². The molecular formula is C19H20F2N6OS. The monoisotopic (exact) mass is 418 g/mol. The molecule has 152 valence electrons. The molecule has 3 aromatic rings. The summed E-state index contributed by atoms with van der Waals surface area (Å²) in [4.78, 5) is 10.6. The molecule has 0 aliphatic carbocycles. The van der Waals surface area contributed by atoms with E-state index in [2.05, 4.69) is 19.4 Å². The highest BCUT2D eigenvalue weighted by atomic mass is 32.2. The van der Waals surface area contributed by atoms with Crippen LogP contribution in [0, 0.1) is 0 Å². The van der Waals surface area contributed by atoms with E-state index in [1.807, 2.05) is 23.2 Å². The Morgan fingerprint density at radius 3 is 2.83 bits per heavy atom. The van der Waals surface area contributed by atoms with E-state index in [0.29, 0.717) is 23.7 Å². The lowest BCUT2D eigenvalue weighted by Crippen LogP contribution is -2.31. The molecule has 0 aromatic carbocycles. The predicted molar refractivity (Wildman–Crippen MR) is 108 cm³/mol. The summed E-state index contributed by atoms with van der Waals surface area (Å²) in [6, 6.07) is 6.34. The Balaban J connectivity index is 1.69. The summed E-state index contributed by atoms with van der Waals surface area (Å²) in [5, 5.41) is 4.01. The molecule has 29 heavy (non-hydrogen) atoms. The molecule has 0 radical (unpaired) electrons. The number of halogens is 2. The van der Waals surface area contributed by atoms with Gasteiger partial charge in [0.15, 0.2) is 5.65 Å². The minimum absolute atomic E-state index is 0.0842. The number of nitrogens with zero attached hydrogens (tertiary/aromatic N) is 6. The predicted octanol–water partition coefficient (Wildman–Crippen LogP) is 3.55. The molecule has 0 fully saturated rings. The van der Waals surface area contributed by atoms with E-state index in [9.17, 15) is 13.0 Å². The van der Waals surface area contributed by atoms with Crippen molar-refractivity contribution in [3.8, 4) is 11.3 Å². The molecular weight excluding hydrogens is 398 g/mol. The van der Waals surface area contributed by atoms with Crippen molar-refractivity contribution >= 4 is 21.2 Å².